The number of nitrogens with zero attached hydrogens (tertiary/aromatic N) is 1. The molecule has 9 heteroatoms. The maximum Gasteiger partial charge on any atom is 0.275 e. The van der Waals surface area contributed by atoms with Crippen LogP contribution >= 0.6 is 0 Å². The van der Waals surface area contributed by atoms with Crippen LogP contribution in [0.2, 0.25) is 0 Å². The van der Waals surface area contributed by atoms with Crippen LogP contribution in [0.4, 0.5) is 10.1 Å². The number of carbonyl (C=O) groups is 3. The molecule has 0 spiro atoms. The lowest BCUT2D eigenvalue weighted by atomic mass is 9.93. The Hall–Kier alpha value is -4.89. The SMILES string of the molecule is CNC(=O)c1ccc(C)c(-c2ccc(NC(=O)C(C)NC)c(=O)n2Cc2cc(C(=O)c3ccc(F)cc3)cc(C(C)C)c2)c1. The van der Waals surface area contributed by atoms with E-state index in [1.54, 1.807) is 55.9 Å². The summed E-state index contributed by atoms with van der Waals surface area (Å²) in [6, 6.07) is 18.9. The smallest absolute Gasteiger partial charge is 0.275 e. The summed E-state index contributed by atoms with van der Waals surface area (Å²) in [6.45, 7) is 7.67. The van der Waals surface area contributed by atoms with Gasteiger partial charge in [0.1, 0.15) is 11.5 Å². The van der Waals surface area contributed by atoms with Gasteiger partial charge in [-0.2, -0.15) is 0 Å². The molecular weight excluding hydrogens is 559 g/mol. The van der Waals surface area contributed by atoms with Crippen LogP contribution in [0.3, 0.4) is 0 Å². The van der Waals surface area contributed by atoms with Gasteiger partial charge in [-0.25, -0.2) is 4.39 Å². The molecule has 8 nitrogen and oxygen atoms in total. The van der Waals surface area contributed by atoms with Crippen molar-refractivity contribution in [2.24, 2.45) is 0 Å². The third-order valence-corrected chi connectivity index (χ3v) is 7.65. The number of hydrogen-bond acceptors (Lipinski definition) is 5. The molecule has 1 heterocycles. The molecule has 1 atom stereocenters. The van der Waals surface area contributed by atoms with Gasteiger partial charge < -0.3 is 20.5 Å². The summed E-state index contributed by atoms with van der Waals surface area (Å²) in [5, 5.41) is 8.21. The molecule has 4 rings (SSSR count). The topological polar surface area (TPSA) is 109 Å². The Morgan fingerprint density at radius 1 is 0.841 bits per heavy atom. The predicted molar refractivity (Wildman–Crippen MR) is 171 cm³/mol. The highest BCUT2D eigenvalue weighted by Crippen LogP contribution is 2.27. The van der Waals surface area contributed by atoms with Crippen molar-refractivity contribution in [3.05, 3.63) is 122 Å². The Morgan fingerprint density at radius 2 is 1.52 bits per heavy atom. The molecule has 2 amide bonds. The lowest BCUT2D eigenvalue weighted by molar-refractivity contribution is -0.117. The van der Waals surface area contributed by atoms with E-state index in [2.05, 4.69) is 16.0 Å². The van der Waals surface area contributed by atoms with Gasteiger partial charge in [0, 0.05) is 29.3 Å². The summed E-state index contributed by atoms with van der Waals surface area (Å²) in [7, 11) is 3.20. The van der Waals surface area contributed by atoms with E-state index in [0.717, 1.165) is 11.1 Å². The zero-order chi connectivity index (χ0) is 32.1. The normalized spacial score (nSPS) is 11.7. The van der Waals surface area contributed by atoms with Crippen LogP contribution in [0, 0.1) is 12.7 Å². The Morgan fingerprint density at radius 3 is 2.16 bits per heavy atom. The van der Waals surface area contributed by atoms with Crippen molar-refractivity contribution in [1.82, 2.24) is 15.2 Å². The molecule has 44 heavy (non-hydrogen) atoms. The fourth-order valence-electron chi connectivity index (χ4n) is 4.85. The van der Waals surface area contributed by atoms with E-state index in [1.807, 2.05) is 39.0 Å². The highest BCUT2D eigenvalue weighted by Gasteiger charge is 2.19. The first kappa shape index (κ1) is 32.0. The molecule has 0 saturated carbocycles. The second-order valence-corrected chi connectivity index (χ2v) is 11.1. The predicted octanol–water partition coefficient (Wildman–Crippen LogP) is 5.27. The van der Waals surface area contributed by atoms with Crippen molar-refractivity contribution in [3.8, 4) is 11.3 Å². The lowest BCUT2D eigenvalue weighted by Crippen LogP contribution is -2.37. The van der Waals surface area contributed by atoms with Gasteiger partial charge in [0.2, 0.25) is 5.91 Å². The second kappa shape index (κ2) is 13.6. The quantitative estimate of drug-likeness (QED) is 0.216. The minimum atomic E-state index is -0.531. The first-order valence-electron chi connectivity index (χ1n) is 14.4. The van der Waals surface area contributed by atoms with Gasteiger partial charge in [-0.05, 0) is 104 Å². The summed E-state index contributed by atoms with van der Waals surface area (Å²) in [5.41, 5.74) is 4.50. The van der Waals surface area contributed by atoms with Crippen LogP contribution in [-0.4, -0.2) is 42.3 Å². The molecule has 0 radical (unpaired) electrons. The molecule has 1 aromatic heterocycles. The molecule has 1 unspecified atom stereocenters. The Kier molecular flexibility index (Phi) is 9.90. The number of hydrogen-bond donors (Lipinski definition) is 3. The van der Waals surface area contributed by atoms with E-state index in [9.17, 15) is 23.6 Å². The number of aromatic nitrogens is 1. The molecule has 0 aliphatic heterocycles. The van der Waals surface area contributed by atoms with Crippen LogP contribution in [0.25, 0.3) is 11.3 Å². The van der Waals surface area contributed by atoms with Crippen molar-refractivity contribution in [1.29, 1.82) is 0 Å². The maximum atomic E-state index is 14.0. The number of amides is 2. The fraction of sp³-hybridized carbons (Fsp3) is 0.257. The molecule has 4 aromatic rings. The number of benzene rings is 3. The number of nitrogens with one attached hydrogen (secondary N) is 3. The largest absolute Gasteiger partial charge is 0.355 e. The van der Waals surface area contributed by atoms with Crippen molar-refractivity contribution < 1.29 is 18.8 Å². The number of ketones is 1. The third kappa shape index (κ3) is 7.01. The van der Waals surface area contributed by atoms with Gasteiger partial charge >= 0.3 is 0 Å². The monoisotopic (exact) mass is 596 g/mol. The highest BCUT2D eigenvalue weighted by molar-refractivity contribution is 6.09. The van der Waals surface area contributed by atoms with E-state index in [0.29, 0.717) is 33.5 Å². The number of anilines is 1. The molecule has 228 valence electrons. The molecule has 0 fully saturated rings. The van der Waals surface area contributed by atoms with Crippen LogP contribution in [-0.2, 0) is 11.3 Å². The second-order valence-electron chi connectivity index (χ2n) is 11.1. The van der Waals surface area contributed by atoms with Crippen molar-refractivity contribution in [2.45, 2.75) is 46.2 Å². The Bertz CT molecular complexity index is 1780. The molecule has 3 N–H and O–H groups in total. The van der Waals surface area contributed by atoms with Gasteiger partial charge in [0.15, 0.2) is 5.78 Å². The van der Waals surface area contributed by atoms with Crippen molar-refractivity contribution >= 4 is 23.3 Å². The van der Waals surface area contributed by atoms with Crippen LogP contribution in [0.1, 0.15) is 69.7 Å². The van der Waals surface area contributed by atoms with Gasteiger partial charge in [-0.3, -0.25) is 19.2 Å². The number of likely N-dealkylation sites (N-methyl/N-ethyl adjacent to an activating group) is 1. The Balaban J connectivity index is 1.89. The van der Waals surface area contributed by atoms with E-state index < -0.39 is 17.4 Å². The lowest BCUT2D eigenvalue weighted by Gasteiger charge is -2.19. The number of carbonyl (C=O) groups excluding carboxylic acids is 3. The Labute approximate surface area is 256 Å². The molecular formula is C35H37FN4O4. The van der Waals surface area contributed by atoms with E-state index in [-0.39, 0.29) is 35.7 Å². The maximum absolute atomic E-state index is 14.0. The first-order chi connectivity index (χ1) is 20.9. The van der Waals surface area contributed by atoms with Crippen molar-refractivity contribution in [3.63, 3.8) is 0 Å². The van der Waals surface area contributed by atoms with E-state index >= 15 is 0 Å². The molecule has 0 aliphatic rings. The summed E-state index contributed by atoms with van der Waals surface area (Å²) in [6.07, 6.45) is 0. The fourth-order valence-corrected chi connectivity index (χ4v) is 4.85. The summed E-state index contributed by atoms with van der Waals surface area (Å²) in [4.78, 5) is 52.7. The molecule has 0 bridgehead atoms. The van der Waals surface area contributed by atoms with E-state index in [4.69, 9.17) is 0 Å². The van der Waals surface area contributed by atoms with Crippen LogP contribution < -0.4 is 21.5 Å². The summed E-state index contributed by atoms with van der Waals surface area (Å²) < 4.78 is 15.1. The van der Waals surface area contributed by atoms with Crippen molar-refractivity contribution in [2.75, 3.05) is 19.4 Å². The summed E-state index contributed by atoms with van der Waals surface area (Å²) >= 11 is 0. The standard InChI is InChI=1S/C35H37FN4O4/c1-20(2)26-15-23(16-27(17-26)32(41)24-9-11-28(36)12-10-24)19-40-31(29-18-25(34(43)38-6)8-7-21(29)3)14-13-30(35(40)44)39-33(42)22(4)37-5/h7-18,20,22,37H,19H2,1-6H3,(H,38,43)(H,39,42). The first-order valence-corrected chi connectivity index (χ1v) is 14.4. The zero-order valence-electron chi connectivity index (χ0n) is 25.7. The molecule has 0 aliphatic carbocycles. The highest BCUT2D eigenvalue weighted by atomic mass is 19.1. The minimum Gasteiger partial charge on any atom is -0.355 e. The van der Waals surface area contributed by atoms with Crippen LogP contribution in [0.15, 0.2) is 77.6 Å². The number of aryl methyl sites for hydroxylation is 1. The zero-order valence-corrected chi connectivity index (χ0v) is 25.7. The van der Waals surface area contributed by atoms with Gasteiger partial charge in [0.05, 0.1) is 18.3 Å². The average molecular weight is 597 g/mol. The number of halogens is 1. The average Bonchev–Trinajstić information content (AvgIpc) is 3.02. The van der Waals surface area contributed by atoms with E-state index in [1.165, 1.54) is 24.3 Å². The van der Waals surface area contributed by atoms with Gasteiger partial charge in [0.25, 0.3) is 11.5 Å². The molecule has 0 saturated heterocycles. The number of rotatable bonds is 10. The summed E-state index contributed by atoms with van der Waals surface area (Å²) in [5.74, 6) is -1.25. The third-order valence-electron chi connectivity index (χ3n) is 7.65. The van der Waals surface area contributed by atoms with Gasteiger partial charge in [-0.1, -0.05) is 26.0 Å². The van der Waals surface area contributed by atoms with Crippen LogP contribution in [0.5, 0.6) is 0 Å². The van der Waals surface area contributed by atoms with Gasteiger partial charge in [-0.15, -0.1) is 0 Å². The molecule has 3 aromatic carbocycles. The minimum absolute atomic E-state index is 0.0750. The number of pyridine rings is 1.